The van der Waals surface area contributed by atoms with Crippen LogP contribution in [0.2, 0.25) is 0 Å². The maximum Gasteiger partial charge on any atom is 0.255 e. The molecule has 9 heteroatoms. The van der Waals surface area contributed by atoms with Crippen molar-refractivity contribution in [1.82, 2.24) is 29.8 Å². The van der Waals surface area contributed by atoms with E-state index in [0.29, 0.717) is 5.95 Å². The lowest BCUT2D eigenvalue weighted by atomic mass is 9.77. The summed E-state index contributed by atoms with van der Waals surface area (Å²) in [5.74, 6) is 0.629. The van der Waals surface area contributed by atoms with Gasteiger partial charge in [-0.1, -0.05) is 6.92 Å². The largest absolute Gasteiger partial charge is 0.367 e. The highest BCUT2D eigenvalue weighted by molar-refractivity contribution is 5.69. The summed E-state index contributed by atoms with van der Waals surface area (Å²) in [6.07, 6.45) is 6.36. The van der Waals surface area contributed by atoms with Crippen molar-refractivity contribution in [2.45, 2.75) is 44.4 Å². The van der Waals surface area contributed by atoms with Crippen LogP contribution in [0.4, 0.5) is 11.6 Å². The highest BCUT2D eigenvalue weighted by atomic mass is 16.1. The van der Waals surface area contributed by atoms with Gasteiger partial charge >= 0.3 is 0 Å². The first-order chi connectivity index (χ1) is 14.0. The molecule has 2 aliphatic rings. The molecule has 0 aromatic carbocycles. The second-order valence-corrected chi connectivity index (χ2v) is 8.39. The Bertz CT molecular complexity index is 1130. The summed E-state index contributed by atoms with van der Waals surface area (Å²) in [6.45, 7) is 3.89. The van der Waals surface area contributed by atoms with Crippen LogP contribution in [0, 0.1) is 0 Å². The molecule has 1 atom stereocenters. The number of fused-ring (bicyclic) bond motifs is 3. The fourth-order valence-electron chi connectivity index (χ4n) is 4.85. The van der Waals surface area contributed by atoms with Crippen LogP contribution in [0.15, 0.2) is 17.2 Å². The summed E-state index contributed by atoms with van der Waals surface area (Å²) in [4.78, 5) is 24.8. The maximum absolute atomic E-state index is 12.7. The van der Waals surface area contributed by atoms with Gasteiger partial charge in [0, 0.05) is 38.2 Å². The van der Waals surface area contributed by atoms with Gasteiger partial charge in [-0.25, -0.2) is 4.98 Å². The van der Waals surface area contributed by atoms with Crippen molar-refractivity contribution in [3.05, 3.63) is 39.7 Å². The molecule has 0 radical (unpaired) electrons. The molecule has 1 fully saturated rings. The molecule has 1 aliphatic carbocycles. The van der Waals surface area contributed by atoms with Crippen LogP contribution in [0.25, 0.3) is 5.65 Å². The van der Waals surface area contributed by atoms with Gasteiger partial charge in [0.1, 0.15) is 6.33 Å². The van der Waals surface area contributed by atoms with Crippen LogP contribution in [-0.4, -0.2) is 57.0 Å². The van der Waals surface area contributed by atoms with E-state index in [2.05, 4.69) is 38.2 Å². The Labute approximate surface area is 168 Å². The molecule has 0 bridgehead atoms. The molecule has 3 aromatic heterocycles. The number of nitrogens with one attached hydrogen (secondary N) is 1. The second-order valence-electron chi connectivity index (χ2n) is 8.39. The first-order valence-corrected chi connectivity index (χ1v) is 10.3. The number of hydrogen-bond donors (Lipinski definition) is 1. The van der Waals surface area contributed by atoms with Crippen molar-refractivity contribution >= 4 is 17.3 Å². The fourth-order valence-corrected chi connectivity index (χ4v) is 4.85. The van der Waals surface area contributed by atoms with Crippen molar-refractivity contribution in [1.29, 1.82) is 0 Å². The van der Waals surface area contributed by atoms with E-state index in [1.807, 2.05) is 19.0 Å². The lowest BCUT2D eigenvalue weighted by Crippen LogP contribution is -2.46. The topological polar surface area (TPSA) is 95.3 Å². The summed E-state index contributed by atoms with van der Waals surface area (Å²) in [5.41, 5.74) is 4.61. The van der Waals surface area contributed by atoms with Gasteiger partial charge in [-0.15, -0.1) is 10.2 Å². The van der Waals surface area contributed by atoms with Gasteiger partial charge in [0.25, 0.3) is 5.56 Å². The van der Waals surface area contributed by atoms with Crippen molar-refractivity contribution in [2.24, 2.45) is 0 Å². The quantitative estimate of drug-likeness (QED) is 0.716. The zero-order chi connectivity index (χ0) is 20.2. The molecule has 152 valence electrons. The van der Waals surface area contributed by atoms with Crippen molar-refractivity contribution < 1.29 is 0 Å². The van der Waals surface area contributed by atoms with Crippen molar-refractivity contribution in [3.63, 3.8) is 0 Å². The molecule has 4 heterocycles. The third kappa shape index (κ3) is 2.79. The zero-order valence-corrected chi connectivity index (χ0v) is 17.1. The van der Waals surface area contributed by atoms with E-state index in [1.165, 1.54) is 0 Å². The normalized spacial score (nSPS) is 21.1. The average Bonchev–Trinajstić information content (AvgIpc) is 3.33. The summed E-state index contributed by atoms with van der Waals surface area (Å²) >= 11 is 0. The van der Waals surface area contributed by atoms with Gasteiger partial charge in [-0.05, 0) is 38.2 Å². The highest BCUT2D eigenvalue weighted by Crippen LogP contribution is 2.44. The highest BCUT2D eigenvalue weighted by Gasteiger charge is 2.45. The van der Waals surface area contributed by atoms with E-state index in [9.17, 15) is 4.79 Å². The van der Waals surface area contributed by atoms with E-state index < -0.39 is 0 Å². The second kappa shape index (κ2) is 6.53. The Morgan fingerprint density at radius 2 is 2.17 bits per heavy atom. The number of H-pyrrole nitrogens is 1. The molecule has 0 saturated carbocycles. The van der Waals surface area contributed by atoms with Crippen LogP contribution < -0.4 is 15.4 Å². The molecule has 0 amide bonds. The summed E-state index contributed by atoms with van der Waals surface area (Å²) in [6, 6.07) is 2.13. The van der Waals surface area contributed by atoms with Crippen LogP contribution >= 0.6 is 0 Å². The molecule has 1 N–H and O–H groups in total. The summed E-state index contributed by atoms with van der Waals surface area (Å²) < 4.78 is 1.77. The molecule has 1 saturated heterocycles. The third-order valence-electron chi connectivity index (χ3n) is 6.36. The lowest BCUT2D eigenvalue weighted by molar-refractivity contribution is 0.334. The third-order valence-corrected chi connectivity index (χ3v) is 6.36. The predicted octanol–water partition coefficient (Wildman–Crippen LogP) is 1.32. The number of anilines is 2. The predicted molar refractivity (Wildman–Crippen MR) is 111 cm³/mol. The van der Waals surface area contributed by atoms with Gasteiger partial charge in [0.15, 0.2) is 0 Å². The van der Waals surface area contributed by atoms with Gasteiger partial charge in [0.05, 0.1) is 17.1 Å². The van der Waals surface area contributed by atoms with Crippen LogP contribution in [-0.2, 0) is 18.3 Å². The molecule has 29 heavy (non-hydrogen) atoms. The minimum Gasteiger partial charge on any atom is -0.367 e. The smallest absolute Gasteiger partial charge is 0.255 e. The minimum atomic E-state index is -0.0980. The first-order valence-electron chi connectivity index (χ1n) is 10.3. The molecular weight excluding hydrogens is 368 g/mol. The number of aryl methyl sites for hydroxylation is 1. The standard InChI is InChI=1S/C20H26N8O/c1-4-13-10-15(17-24-21-12-28(17)25-13)27-9-5-7-20(11-27)8-6-14-16(20)22-19(26(2)3)23-18(14)29/h10,12H,4-9,11H2,1-3H3,(H,22,23,29). The minimum absolute atomic E-state index is 0.00438. The summed E-state index contributed by atoms with van der Waals surface area (Å²) in [5, 5.41) is 13.0. The Hall–Kier alpha value is -2.97. The Morgan fingerprint density at radius 3 is 2.97 bits per heavy atom. The SMILES string of the molecule is CCc1cc(N2CCCC3(CCc4c3nc(N(C)C)[nH]c4=O)C2)c2nncn2n1. The number of aromatic amines is 1. The van der Waals surface area contributed by atoms with Crippen molar-refractivity contribution in [3.8, 4) is 0 Å². The molecule has 1 unspecified atom stereocenters. The molecule has 3 aromatic rings. The van der Waals surface area contributed by atoms with E-state index in [0.717, 1.165) is 73.5 Å². The van der Waals surface area contributed by atoms with Crippen LogP contribution in [0.5, 0.6) is 0 Å². The van der Waals surface area contributed by atoms with Gasteiger partial charge < -0.3 is 9.80 Å². The molecule has 9 nitrogen and oxygen atoms in total. The van der Waals surface area contributed by atoms with Gasteiger partial charge in [-0.3, -0.25) is 9.78 Å². The first kappa shape index (κ1) is 18.1. The van der Waals surface area contributed by atoms with E-state index in [1.54, 1.807) is 10.8 Å². The number of rotatable bonds is 3. The van der Waals surface area contributed by atoms with Crippen LogP contribution in [0.3, 0.4) is 0 Å². The molecular formula is C20H26N8O. The molecule has 1 aliphatic heterocycles. The summed E-state index contributed by atoms with van der Waals surface area (Å²) in [7, 11) is 3.81. The number of aromatic nitrogens is 6. The number of nitrogens with zero attached hydrogens (tertiary/aromatic N) is 7. The van der Waals surface area contributed by atoms with E-state index >= 15 is 0 Å². The zero-order valence-electron chi connectivity index (χ0n) is 17.1. The average molecular weight is 394 g/mol. The lowest BCUT2D eigenvalue weighted by Gasteiger charge is -2.41. The Balaban J connectivity index is 1.59. The van der Waals surface area contributed by atoms with Crippen molar-refractivity contribution in [2.75, 3.05) is 37.0 Å². The molecule has 1 spiro atoms. The van der Waals surface area contributed by atoms with E-state index in [4.69, 9.17) is 4.98 Å². The maximum atomic E-state index is 12.7. The van der Waals surface area contributed by atoms with E-state index in [-0.39, 0.29) is 11.0 Å². The van der Waals surface area contributed by atoms with Gasteiger partial charge in [-0.2, -0.15) is 9.61 Å². The number of hydrogen-bond acceptors (Lipinski definition) is 7. The van der Waals surface area contributed by atoms with Crippen LogP contribution in [0.1, 0.15) is 43.1 Å². The molecule has 5 rings (SSSR count). The monoisotopic (exact) mass is 394 g/mol. The fraction of sp³-hybridized carbons (Fsp3) is 0.550. The number of piperidine rings is 1. The van der Waals surface area contributed by atoms with Gasteiger partial charge in [0.2, 0.25) is 11.6 Å². The Kier molecular flexibility index (Phi) is 4.07. The Morgan fingerprint density at radius 1 is 1.31 bits per heavy atom.